The second kappa shape index (κ2) is 8.03. The maximum atomic E-state index is 11.4. The summed E-state index contributed by atoms with van der Waals surface area (Å²) >= 11 is 0. The molecule has 0 aliphatic rings. The molecule has 0 saturated heterocycles. The Kier molecular flexibility index (Phi) is 6.69. The normalized spacial score (nSPS) is 14.0. The first-order chi connectivity index (χ1) is 9.89. The van der Waals surface area contributed by atoms with Crippen molar-refractivity contribution in [3.63, 3.8) is 0 Å². The van der Waals surface area contributed by atoms with Gasteiger partial charge in [-0.1, -0.05) is 32.9 Å². The summed E-state index contributed by atoms with van der Waals surface area (Å²) in [4.78, 5) is 11.4. The molecule has 1 aromatic rings. The Morgan fingerprint density at radius 2 is 2.14 bits per heavy atom. The molecule has 0 fully saturated rings. The van der Waals surface area contributed by atoms with Gasteiger partial charge in [0, 0.05) is 6.42 Å². The molecule has 0 radical (unpaired) electrons. The predicted molar refractivity (Wildman–Crippen MR) is 85.0 cm³/mol. The van der Waals surface area contributed by atoms with Crippen molar-refractivity contribution in [3.05, 3.63) is 29.8 Å². The first-order valence-electron chi connectivity index (χ1n) is 7.60. The molecule has 4 nitrogen and oxygen atoms in total. The van der Waals surface area contributed by atoms with Crippen molar-refractivity contribution < 1.29 is 14.6 Å². The molecule has 0 aliphatic carbocycles. The standard InChI is InChI=1S/C17H27NO3/c1-5-10-18-17(4,16(19)20)9-11-21-15-8-6-7-14(12-15)13(2)3/h6-8,12-13,18H,5,9-11H2,1-4H3,(H,19,20). The topological polar surface area (TPSA) is 58.6 Å². The average Bonchev–Trinajstić information content (AvgIpc) is 2.45. The van der Waals surface area contributed by atoms with Crippen molar-refractivity contribution >= 4 is 5.97 Å². The SMILES string of the molecule is CCCNC(C)(CCOc1cccc(C(C)C)c1)C(=O)O. The molecular formula is C17H27NO3. The Hall–Kier alpha value is -1.55. The number of carboxylic acids is 1. The first-order valence-corrected chi connectivity index (χ1v) is 7.60. The van der Waals surface area contributed by atoms with Crippen molar-refractivity contribution in [1.82, 2.24) is 5.32 Å². The molecule has 0 aliphatic heterocycles. The van der Waals surface area contributed by atoms with Crippen LogP contribution in [0.15, 0.2) is 24.3 Å². The largest absolute Gasteiger partial charge is 0.493 e. The van der Waals surface area contributed by atoms with Gasteiger partial charge in [-0.25, -0.2) is 0 Å². The van der Waals surface area contributed by atoms with E-state index in [4.69, 9.17) is 4.74 Å². The maximum Gasteiger partial charge on any atom is 0.323 e. The fraction of sp³-hybridized carbons (Fsp3) is 0.588. The summed E-state index contributed by atoms with van der Waals surface area (Å²) in [5, 5.41) is 12.4. The van der Waals surface area contributed by atoms with Crippen LogP contribution in [0.2, 0.25) is 0 Å². The maximum absolute atomic E-state index is 11.4. The van der Waals surface area contributed by atoms with Gasteiger partial charge in [0.15, 0.2) is 0 Å². The number of benzene rings is 1. The van der Waals surface area contributed by atoms with E-state index in [1.54, 1.807) is 6.92 Å². The van der Waals surface area contributed by atoms with Gasteiger partial charge in [0.1, 0.15) is 11.3 Å². The van der Waals surface area contributed by atoms with E-state index in [0.29, 0.717) is 25.5 Å². The van der Waals surface area contributed by atoms with Crippen LogP contribution < -0.4 is 10.1 Å². The van der Waals surface area contributed by atoms with Gasteiger partial charge in [-0.3, -0.25) is 4.79 Å². The van der Waals surface area contributed by atoms with Crippen molar-refractivity contribution in [3.8, 4) is 5.75 Å². The molecule has 118 valence electrons. The van der Waals surface area contributed by atoms with E-state index < -0.39 is 11.5 Å². The molecular weight excluding hydrogens is 266 g/mol. The summed E-state index contributed by atoms with van der Waals surface area (Å²) in [5.74, 6) is 0.406. The third-order valence-electron chi connectivity index (χ3n) is 3.63. The first kappa shape index (κ1) is 17.5. The lowest BCUT2D eigenvalue weighted by Crippen LogP contribution is -2.50. The van der Waals surface area contributed by atoms with E-state index in [1.807, 2.05) is 25.1 Å². The van der Waals surface area contributed by atoms with Crippen molar-refractivity contribution in [1.29, 1.82) is 0 Å². The lowest BCUT2D eigenvalue weighted by Gasteiger charge is -2.26. The molecule has 0 saturated carbocycles. The van der Waals surface area contributed by atoms with Crippen molar-refractivity contribution in [2.45, 2.75) is 52.0 Å². The monoisotopic (exact) mass is 293 g/mol. The zero-order valence-corrected chi connectivity index (χ0v) is 13.5. The lowest BCUT2D eigenvalue weighted by atomic mass is 9.98. The fourth-order valence-electron chi connectivity index (χ4n) is 2.01. The minimum absolute atomic E-state index is 0.376. The fourth-order valence-corrected chi connectivity index (χ4v) is 2.01. The van der Waals surface area contributed by atoms with Crippen LogP contribution in [-0.4, -0.2) is 29.8 Å². The Balaban J connectivity index is 2.58. The number of aliphatic carboxylic acids is 1. The second-order valence-corrected chi connectivity index (χ2v) is 5.89. The molecule has 4 heteroatoms. The summed E-state index contributed by atoms with van der Waals surface area (Å²) < 4.78 is 5.72. The quantitative estimate of drug-likeness (QED) is 0.732. The number of carbonyl (C=O) groups is 1. The van der Waals surface area contributed by atoms with Crippen LogP contribution in [0.3, 0.4) is 0 Å². The van der Waals surface area contributed by atoms with E-state index in [0.717, 1.165) is 12.2 Å². The van der Waals surface area contributed by atoms with E-state index >= 15 is 0 Å². The highest BCUT2D eigenvalue weighted by Crippen LogP contribution is 2.21. The molecule has 0 aromatic heterocycles. The van der Waals surface area contributed by atoms with Crippen molar-refractivity contribution in [2.24, 2.45) is 0 Å². The van der Waals surface area contributed by atoms with Gasteiger partial charge < -0.3 is 15.2 Å². The highest BCUT2D eigenvalue weighted by atomic mass is 16.5. The Morgan fingerprint density at radius 1 is 1.43 bits per heavy atom. The molecule has 0 heterocycles. The summed E-state index contributed by atoms with van der Waals surface area (Å²) in [6, 6.07) is 7.96. The Morgan fingerprint density at radius 3 is 2.71 bits per heavy atom. The molecule has 1 aromatic carbocycles. The molecule has 2 N–H and O–H groups in total. The van der Waals surface area contributed by atoms with Gasteiger partial charge in [0.05, 0.1) is 6.61 Å². The summed E-state index contributed by atoms with van der Waals surface area (Å²) in [7, 11) is 0. The number of hydrogen-bond donors (Lipinski definition) is 2. The van der Waals surface area contributed by atoms with Crippen LogP contribution in [0, 0.1) is 0 Å². The number of rotatable bonds is 9. The van der Waals surface area contributed by atoms with Crippen LogP contribution in [0.4, 0.5) is 0 Å². The summed E-state index contributed by atoms with van der Waals surface area (Å²) in [6.07, 6.45) is 1.33. The smallest absolute Gasteiger partial charge is 0.323 e. The molecule has 0 bridgehead atoms. The number of hydrogen-bond acceptors (Lipinski definition) is 3. The summed E-state index contributed by atoms with van der Waals surface area (Å²) in [5.41, 5.74) is 0.281. The zero-order chi connectivity index (χ0) is 15.9. The van der Waals surface area contributed by atoms with Crippen LogP contribution in [0.1, 0.15) is 52.0 Å². The summed E-state index contributed by atoms with van der Waals surface area (Å²) in [6.45, 7) is 9.05. The molecule has 1 atom stereocenters. The lowest BCUT2D eigenvalue weighted by molar-refractivity contribution is -0.144. The van der Waals surface area contributed by atoms with Crippen LogP contribution >= 0.6 is 0 Å². The van der Waals surface area contributed by atoms with Gasteiger partial charge in [-0.2, -0.15) is 0 Å². The Bertz CT molecular complexity index is 459. The van der Waals surface area contributed by atoms with Crippen LogP contribution in [-0.2, 0) is 4.79 Å². The van der Waals surface area contributed by atoms with Crippen LogP contribution in [0.5, 0.6) is 5.75 Å². The highest BCUT2D eigenvalue weighted by Gasteiger charge is 2.31. The van der Waals surface area contributed by atoms with E-state index in [2.05, 4.69) is 25.2 Å². The van der Waals surface area contributed by atoms with Gasteiger partial charge in [0.25, 0.3) is 0 Å². The number of ether oxygens (including phenoxy) is 1. The van der Waals surface area contributed by atoms with Crippen molar-refractivity contribution in [2.75, 3.05) is 13.2 Å². The third-order valence-corrected chi connectivity index (χ3v) is 3.63. The van der Waals surface area contributed by atoms with E-state index in [1.165, 1.54) is 5.56 Å². The molecule has 0 spiro atoms. The molecule has 1 rings (SSSR count). The second-order valence-electron chi connectivity index (χ2n) is 5.89. The van der Waals surface area contributed by atoms with E-state index in [-0.39, 0.29) is 0 Å². The number of nitrogens with one attached hydrogen (secondary N) is 1. The van der Waals surface area contributed by atoms with Gasteiger partial charge in [0.2, 0.25) is 0 Å². The van der Waals surface area contributed by atoms with Gasteiger partial charge in [-0.15, -0.1) is 0 Å². The van der Waals surface area contributed by atoms with Gasteiger partial charge in [-0.05, 0) is 43.5 Å². The molecule has 21 heavy (non-hydrogen) atoms. The minimum atomic E-state index is -0.939. The minimum Gasteiger partial charge on any atom is -0.493 e. The Labute approximate surface area is 127 Å². The zero-order valence-electron chi connectivity index (χ0n) is 13.5. The molecule has 0 amide bonds. The number of carboxylic acid groups (broad SMARTS) is 1. The van der Waals surface area contributed by atoms with Crippen LogP contribution in [0.25, 0.3) is 0 Å². The average molecular weight is 293 g/mol. The third kappa shape index (κ3) is 5.38. The highest BCUT2D eigenvalue weighted by molar-refractivity contribution is 5.78. The van der Waals surface area contributed by atoms with Gasteiger partial charge >= 0.3 is 5.97 Å². The molecule has 1 unspecified atom stereocenters. The predicted octanol–water partition coefficient (Wildman–Crippen LogP) is 3.42. The van der Waals surface area contributed by atoms with E-state index in [9.17, 15) is 9.90 Å².